The van der Waals surface area contributed by atoms with Crippen molar-refractivity contribution in [2.24, 2.45) is 0 Å². The zero-order valence-electron chi connectivity index (χ0n) is 10.1. The van der Waals surface area contributed by atoms with E-state index in [0.29, 0.717) is 11.4 Å². The van der Waals surface area contributed by atoms with Gasteiger partial charge in [-0.15, -0.1) is 0 Å². The van der Waals surface area contributed by atoms with Gasteiger partial charge in [-0.25, -0.2) is 0 Å². The topological polar surface area (TPSA) is 52.1 Å². The third-order valence-electron chi connectivity index (χ3n) is 3.04. The second-order valence-corrected chi connectivity index (χ2v) is 4.67. The van der Waals surface area contributed by atoms with E-state index in [1.54, 1.807) is 7.11 Å². The zero-order chi connectivity index (χ0) is 12.1. The lowest BCUT2D eigenvalue weighted by atomic mass is 10.1. The van der Waals surface area contributed by atoms with Gasteiger partial charge < -0.3 is 14.0 Å². The van der Waals surface area contributed by atoms with E-state index >= 15 is 0 Å². The Morgan fingerprint density at radius 2 is 2.47 bits per heavy atom. The number of nitrogens with one attached hydrogen (secondary N) is 1. The number of rotatable bonds is 5. The van der Waals surface area contributed by atoms with Crippen molar-refractivity contribution in [1.29, 1.82) is 0 Å². The standard InChI is InChI=1S/C11H19N3O2S/c1-15-7-5-14-10(12-13-11(14)17)8-9-4-2-3-6-16-9/h9H,2-8H2,1H3,(H,13,17). The van der Waals surface area contributed by atoms with Gasteiger partial charge in [-0.2, -0.15) is 5.10 Å². The first-order valence-corrected chi connectivity index (χ1v) is 6.46. The van der Waals surface area contributed by atoms with Gasteiger partial charge >= 0.3 is 0 Å². The fourth-order valence-electron chi connectivity index (χ4n) is 2.09. The summed E-state index contributed by atoms with van der Waals surface area (Å²) in [4.78, 5) is 0. The molecule has 0 aromatic carbocycles. The SMILES string of the molecule is COCCn1c(CC2CCCCO2)n[nH]c1=S. The normalized spacial score (nSPS) is 20.6. The van der Waals surface area contributed by atoms with Crippen molar-refractivity contribution in [3.05, 3.63) is 10.6 Å². The highest BCUT2D eigenvalue weighted by Gasteiger charge is 2.17. The summed E-state index contributed by atoms with van der Waals surface area (Å²) >= 11 is 5.20. The van der Waals surface area contributed by atoms with Crippen LogP contribution in [0.2, 0.25) is 0 Å². The Bertz CT molecular complexity index is 396. The molecular formula is C11H19N3O2S. The van der Waals surface area contributed by atoms with Crippen molar-refractivity contribution in [3.63, 3.8) is 0 Å². The second-order valence-electron chi connectivity index (χ2n) is 4.28. The molecule has 1 fully saturated rings. The van der Waals surface area contributed by atoms with Crippen LogP contribution in [0.1, 0.15) is 25.1 Å². The van der Waals surface area contributed by atoms with E-state index in [9.17, 15) is 0 Å². The highest BCUT2D eigenvalue weighted by molar-refractivity contribution is 7.71. The smallest absolute Gasteiger partial charge is 0.195 e. The monoisotopic (exact) mass is 257 g/mol. The van der Waals surface area contributed by atoms with Crippen LogP contribution in [0.25, 0.3) is 0 Å². The molecule has 0 bridgehead atoms. The Kier molecular flexibility index (Phi) is 4.70. The maximum absolute atomic E-state index is 5.72. The lowest BCUT2D eigenvalue weighted by molar-refractivity contribution is 0.0149. The molecule has 1 unspecified atom stereocenters. The van der Waals surface area contributed by atoms with Gasteiger partial charge in [-0.05, 0) is 31.5 Å². The van der Waals surface area contributed by atoms with Crippen molar-refractivity contribution >= 4 is 12.2 Å². The predicted octanol–water partition coefficient (Wildman–Crippen LogP) is 1.70. The molecule has 1 aromatic rings. The van der Waals surface area contributed by atoms with Crippen LogP contribution < -0.4 is 0 Å². The Morgan fingerprint density at radius 3 is 3.18 bits per heavy atom. The highest BCUT2D eigenvalue weighted by Crippen LogP contribution is 2.16. The Hall–Kier alpha value is -0.720. The average Bonchev–Trinajstić information content (AvgIpc) is 2.69. The van der Waals surface area contributed by atoms with E-state index in [-0.39, 0.29) is 6.10 Å². The molecule has 2 rings (SSSR count). The van der Waals surface area contributed by atoms with Gasteiger partial charge in [0.15, 0.2) is 4.77 Å². The van der Waals surface area contributed by atoms with Crippen LogP contribution in [0.3, 0.4) is 0 Å². The summed E-state index contributed by atoms with van der Waals surface area (Å²) in [5, 5.41) is 7.11. The van der Waals surface area contributed by atoms with Crippen molar-refractivity contribution in [1.82, 2.24) is 14.8 Å². The minimum Gasteiger partial charge on any atom is -0.383 e. The molecule has 1 saturated heterocycles. The molecule has 0 aliphatic carbocycles. The van der Waals surface area contributed by atoms with Crippen LogP contribution in [0, 0.1) is 4.77 Å². The molecule has 17 heavy (non-hydrogen) atoms. The lowest BCUT2D eigenvalue weighted by Gasteiger charge is -2.22. The maximum Gasteiger partial charge on any atom is 0.195 e. The van der Waals surface area contributed by atoms with Crippen molar-refractivity contribution in [3.8, 4) is 0 Å². The lowest BCUT2D eigenvalue weighted by Crippen LogP contribution is -2.23. The van der Waals surface area contributed by atoms with Gasteiger partial charge in [0.2, 0.25) is 0 Å². The summed E-state index contributed by atoms with van der Waals surface area (Å²) in [6.45, 7) is 2.26. The van der Waals surface area contributed by atoms with Crippen LogP contribution in [0.4, 0.5) is 0 Å². The number of aromatic nitrogens is 3. The fourth-order valence-corrected chi connectivity index (χ4v) is 2.33. The first-order chi connectivity index (χ1) is 8.31. The third kappa shape index (κ3) is 3.37. The van der Waals surface area contributed by atoms with E-state index in [2.05, 4.69) is 10.2 Å². The quantitative estimate of drug-likeness (QED) is 0.816. The summed E-state index contributed by atoms with van der Waals surface area (Å²) in [5.41, 5.74) is 0. The van der Waals surface area contributed by atoms with Gasteiger partial charge in [0.05, 0.1) is 12.7 Å². The van der Waals surface area contributed by atoms with Gasteiger partial charge in [-0.1, -0.05) is 0 Å². The molecule has 2 heterocycles. The van der Waals surface area contributed by atoms with Gasteiger partial charge in [-0.3, -0.25) is 5.10 Å². The molecule has 0 amide bonds. The summed E-state index contributed by atoms with van der Waals surface area (Å²) < 4.78 is 13.5. The van der Waals surface area contributed by atoms with Crippen molar-refractivity contribution in [2.75, 3.05) is 20.3 Å². The summed E-state index contributed by atoms with van der Waals surface area (Å²) in [5.74, 6) is 0.971. The summed E-state index contributed by atoms with van der Waals surface area (Å²) in [6, 6.07) is 0. The van der Waals surface area contributed by atoms with Gasteiger partial charge in [0.1, 0.15) is 5.82 Å². The first-order valence-electron chi connectivity index (χ1n) is 6.06. The fraction of sp³-hybridized carbons (Fsp3) is 0.818. The molecule has 6 heteroatoms. The molecule has 96 valence electrons. The van der Waals surface area contributed by atoms with Crippen LogP contribution in [0.15, 0.2) is 0 Å². The Labute approximate surface area is 106 Å². The summed E-state index contributed by atoms with van der Waals surface area (Å²) in [6.07, 6.45) is 4.65. The number of aromatic amines is 1. The molecule has 0 spiro atoms. The van der Waals surface area contributed by atoms with Crippen molar-refractivity contribution in [2.45, 2.75) is 38.3 Å². The minimum atomic E-state index is 0.287. The number of ether oxygens (including phenoxy) is 2. The van der Waals surface area contributed by atoms with E-state index in [1.807, 2.05) is 4.57 Å². The van der Waals surface area contributed by atoms with E-state index in [0.717, 1.165) is 31.8 Å². The van der Waals surface area contributed by atoms with E-state index in [4.69, 9.17) is 21.7 Å². The Morgan fingerprint density at radius 1 is 1.59 bits per heavy atom. The number of hydrogen-bond donors (Lipinski definition) is 1. The highest BCUT2D eigenvalue weighted by atomic mass is 32.1. The molecule has 1 atom stereocenters. The number of hydrogen-bond acceptors (Lipinski definition) is 4. The van der Waals surface area contributed by atoms with Crippen LogP contribution in [0.5, 0.6) is 0 Å². The van der Waals surface area contributed by atoms with Crippen LogP contribution in [-0.4, -0.2) is 41.2 Å². The number of H-pyrrole nitrogens is 1. The minimum absolute atomic E-state index is 0.287. The van der Waals surface area contributed by atoms with Crippen LogP contribution in [-0.2, 0) is 22.4 Å². The predicted molar refractivity (Wildman–Crippen MR) is 66.6 cm³/mol. The molecule has 5 nitrogen and oxygen atoms in total. The largest absolute Gasteiger partial charge is 0.383 e. The first kappa shape index (κ1) is 12.7. The molecule has 0 saturated carbocycles. The number of methoxy groups -OCH3 is 1. The number of nitrogens with zero attached hydrogens (tertiary/aromatic N) is 2. The van der Waals surface area contributed by atoms with Gasteiger partial charge in [0.25, 0.3) is 0 Å². The molecule has 1 aliphatic heterocycles. The van der Waals surface area contributed by atoms with Gasteiger partial charge in [0, 0.05) is 26.7 Å². The second kappa shape index (κ2) is 6.28. The average molecular weight is 257 g/mol. The molecule has 0 radical (unpaired) electrons. The Balaban J connectivity index is 2.01. The third-order valence-corrected chi connectivity index (χ3v) is 3.35. The molecule has 1 N–H and O–H groups in total. The zero-order valence-corrected chi connectivity index (χ0v) is 11.0. The van der Waals surface area contributed by atoms with E-state index < -0.39 is 0 Å². The molecular weight excluding hydrogens is 238 g/mol. The van der Waals surface area contributed by atoms with Crippen LogP contribution >= 0.6 is 12.2 Å². The maximum atomic E-state index is 5.72. The summed E-state index contributed by atoms with van der Waals surface area (Å²) in [7, 11) is 1.69. The van der Waals surface area contributed by atoms with Crippen molar-refractivity contribution < 1.29 is 9.47 Å². The molecule has 1 aliphatic rings. The van der Waals surface area contributed by atoms with E-state index in [1.165, 1.54) is 12.8 Å². The molecule has 1 aromatic heterocycles.